The Morgan fingerprint density at radius 2 is 2.07 bits per heavy atom. The fourth-order valence-corrected chi connectivity index (χ4v) is 1.14. The summed E-state index contributed by atoms with van der Waals surface area (Å²) in [7, 11) is 0. The summed E-state index contributed by atoms with van der Waals surface area (Å²) in [5.41, 5.74) is 0.105. The highest BCUT2D eigenvalue weighted by atomic mass is 19.2. The zero-order valence-electron chi connectivity index (χ0n) is 7.93. The summed E-state index contributed by atoms with van der Waals surface area (Å²) in [6.45, 7) is 3.44. The van der Waals surface area contributed by atoms with E-state index in [4.69, 9.17) is 4.74 Å². The SMILES string of the molecule is CCOc1cc(C)c(C=O)c(F)c1F. The first kappa shape index (κ1) is 10.6. The summed E-state index contributed by atoms with van der Waals surface area (Å²) in [6, 6.07) is 1.31. The Morgan fingerprint density at radius 3 is 2.57 bits per heavy atom. The van der Waals surface area contributed by atoms with E-state index in [-0.39, 0.29) is 17.9 Å². The summed E-state index contributed by atoms with van der Waals surface area (Å²) in [5.74, 6) is -2.42. The van der Waals surface area contributed by atoms with Gasteiger partial charge in [0.2, 0.25) is 5.82 Å². The van der Waals surface area contributed by atoms with Gasteiger partial charge in [0.25, 0.3) is 0 Å². The van der Waals surface area contributed by atoms with Gasteiger partial charge in [0.15, 0.2) is 17.9 Å². The van der Waals surface area contributed by atoms with Crippen molar-refractivity contribution in [3.05, 3.63) is 28.8 Å². The highest BCUT2D eigenvalue weighted by Crippen LogP contribution is 2.25. The number of carbonyl (C=O) groups is 1. The second-order valence-corrected chi connectivity index (χ2v) is 2.78. The maximum absolute atomic E-state index is 13.2. The fraction of sp³-hybridized carbons (Fsp3) is 0.300. The van der Waals surface area contributed by atoms with Gasteiger partial charge in [-0.2, -0.15) is 4.39 Å². The summed E-state index contributed by atoms with van der Waals surface area (Å²) in [6.07, 6.45) is 0.295. The molecule has 0 N–H and O–H groups in total. The van der Waals surface area contributed by atoms with Crippen molar-refractivity contribution in [2.24, 2.45) is 0 Å². The summed E-state index contributed by atoms with van der Waals surface area (Å²) in [5, 5.41) is 0. The normalized spacial score (nSPS) is 10.0. The first-order valence-corrected chi connectivity index (χ1v) is 4.18. The van der Waals surface area contributed by atoms with Crippen LogP contribution < -0.4 is 4.74 Å². The minimum Gasteiger partial charge on any atom is -0.491 e. The zero-order chi connectivity index (χ0) is 10.7. The van der Waals surface area contributed by atoms with E-state index >= 15 is 0 Å². The third-order valence-electron chi connectivity index (χ3n) is 1.84. The molecular formula is C10H10F2O2. The van der Waals surface area contributed by atoms with E-state index in [2.05, 4.69) is 0 Å². The minimum atomic E-state index is -1.15. The van der Waals surface area contributed by atoms with Gasteiger partial charge in [-0.15, -0.1) is 0 Å². The van der Waals surface area contributed by atoms with Crippen molar-refractivity contribution < 1.29 is 18.3 Å². The van der Waals surface area contributed by atoms with E-state index in [1.807, 2.05) is 0 Å². The molecule has 0 fully saturated rings. The molecule has 76 valence electrons. The van der Waals surface area contributed by atoms with Crippen molar-refractivity contribution in [1.29, 1.82) is 0 Å². The van der Waals surface area contributed by atoms with Gasteiger partial charge in [0, 0.05) is 0 Å². The molecule has 1 aromatic carbocycles. The van der Waals surface area contributed by atoms with Crippen molar-refractivity contribution >= 4 is 6.29 Å². The van der Waals surface area contributed by atoms with Crippen LogP contribution in [-0.2, 0) is 0 Å². The Labute approximate surface area is 80.5 Å². The molecule has 1 aromatic rings. The lowest BCUT2D eigenvalue weighted by molar-refractivity contribution is 0.111. The monoisotopic (exact) mass is 200 g/mol. The van der Waals surface area contributed by atoms with Crippen molar-refractivity contribution in [2.75, 3.05) is 6.61 Å². The molecule has 0 bridgehead atoms. The van der Waals surface area contributed by atoms with E-state index in [9.17, 15) is 13.6 Å². The van der Waals surface area contributed by atoms with Gasteiger partial charge in [0.05, 0.1) is 12.2 Å². The van der Waals surface area contributed by atoms with Crippen molar-refractivity contribution in [3.8, 4) is 5.75 Å². The van der Waals surface area contributed by atoms with Crippen LogP contribution in [0.25, 0.3) is 0 Å². The number of carbonyl (C=O) groups excluding carboxylic acids is 1. The average Bonchev–Trinajstić information content (AvgIpc) is 2.15. The van der Waals surface area contributed by atoms with Gasteiger partial charge in [-0.3, -0.25) is 4.79 Å². The summed E-state index contributed by atoms with van der Waals surface area (Å²) < 4.78 is 31.2. The second-order valence-electron chi connectivity index (χ2n) is 2.78. The van der Waals surface area contributed by atoms with Gasteiger partial charge in [-0.1, -0.05) is 0 Å². The number of hydrogen-bond donors (Lipinski definition) is 0. The lowest BCUT2D eigenvalue weighted by atomic mass is 10.1. The molecule has 0 aliphatic heterocycles. The van der Waals surface area contributed by atoms with E-state index < -0.39 is 11.6 Å². The highest BCUT2D eigenvalue weighted by Gasteiger charge is 2.16. The van der Waals surface area contributed by atoms with Crippen LogP contribution in [0.15, 0.2) is 6.07 Å². The first-order valence-electron chi connectivity index (χ1n) is 4.18. The molecule has 0 saturated heterocycles. The molecule has 2 nitrogen and oxygen atoms in total. The Hall–Kier alpha value is -1.45. The molecule has 0 aliphatic rings. The Bertz CT molecular complexity index is 362. The van der Waals surface area contributed by atoms with Crippen LogP contribution in [0.1, 0.15) is 22.8 Å². The maximum Gasteiger partial charge on any atom is 0.201 e. The van der Waals surface area contributed by atoms with Crippen molar-refractivity contribution in [1.82, 2.24) is 0 Å². The number of hydrogen-bond acceptors (Lipinski definition) is 2. The Balaban J connectivity index is 3.32. The van der Waals surface area contributed by atoms with Gasteiger partial charge in [-0.05, 0) is 25.5 Å². The average molecular weight is 200 g/mol. The number of aldehydes is 1. The molecule has 0 spiro atoms. The number of rotatable bonds is 3. The van der Waals surface area contributed by atoms with Crippen LogP contribution >= 0.6 is 0 Å². The Kier molecular flexibility index (Phi) is 3.17. The predicted octanol–water partition coefficient (Wildman–Crippen LogP) is 2.48. The molecular weight excluding hydrogens is 190 g/mol. The van der Waals surface area contributed by atoms with E-state index in [0.29, 0.717) is 11.8 Å². The second kappa shape index (κ2) is 4.17. The smallest absolute Gasteiger partial charge is 0.201 e. The molecule has 0 aromatic heterocycles. The lowest BCUT2D eigenvalue weighted by Crippen LogP contribution is -2.02. The molecule has 0 aliphatic carbocycles. The van der Waals surface area contributed by atoms with E-state index in [1.165, 1.54) is 13.0 Å². The third-order valence-corrected chi connectivity index (χ3v) is 1.84. The standard InChI is InChI=1S/C10H10F2O2/c1-3-14-8-4-6(2)7(5-13)9(11)10(8)12/h4-5H,3H2,1-2H3. The maximum atomic E-state index is 13.2. The first-order chi connectivity index (χ1) is 6.61. The van der Waals surface area contributed by atoms with Crippen LogP contribution in [0.3, 0.4) is 0 Å². The van der Waals surface area contributed by atoms with E-state index in [1.54, 1.807) is 6.92 Å². The van der Waals surface area contributed by atoms with Gasteiger partial charge in [0.1, 0.15) is 0 Å². The van der Waals surface area contributed by atoms with Gasteiger partial charge < -0.3 is 4.74 Å². The molecule has 0 amide bonds. The van der Waals surface area contributed by atoms with Crippen LogP contribution in [0, 0.1) is 18.6 Å². The van der Waals surface area contributed by atoms with Gasteiger partial charge in [-0.25, -0.2) is 4.39 Å². The largest absolute Gasteiger partial charge is 0.491 e. The Morgan fingerprint density at radius 1 is 1.43 bits per heavy atom. The number of benzene rings is 1. The molecule has 0 radical (unpaired) electrons. The molecule has 0 heterocycles. The molecule has 4 heteroatoms. The molecule has 0 unspecified atom stereocenters. The van der Waals surface area contributed by atoms with Crippen LogP contribution in [0.4, 0.5) is 8.78 Å². The summed E-state index contributed by atoms with van der Waals surface area (Å²) >= 11 is 0. The molecule has 1 rings (SSSR count). The number of ether oxygens (including phenoxy) is 1. The predicted molar refractivity (Wildman–Crippen MR) is 47.7 cm³/mol. The molecule has 0 saturated carbocycles. The van der Waals surface area contributed by atoms with Crippen LogP contribution in [0.5, 0.6) is 5.75 Å². The lowest BCUT2D eigenvalue weighted by Gasteiger charge is -2.08. The fourth-order valence-electron chi connectivity index (χ4n) is 1.14. The van der Waals surface area contributed by atoms with Crippen molar-refractivity contribution in [3.63, 3.8) is 0 Å². The number of aryl methyl sites for hydroxylation is 1. The number of halogens is 2. The molecule has 14 heavy (non-hydrogen) atoms. The van der Waals surface area contributed by atoms with E-state index in [0.717, 1.165) is 0 Å². The molecule has 0 atom stereocenters. The van der Waals surface area contributed by atoms with Crippen LogP contribution in [-0.4, -0.2) is 12.9 Å². The third kappa shape index (κ3) is 1.73. The zero-order valence-corrected chi connectivity index (χ0v) is 7.93. The minimum absolute atomic E-state index is 0.159. The van der Waals surface area contributed by atoms with Crippen molar-refractivity contribution in [2.45, 2.75) is 13.8 Å². The van der Waals surface area contributed by atoms with Crippen LogP contribution in [0.2, 0.25) is 0 Å². The van der Waals surface area contributed by atoms with Gasteiger partial charge >= 0.3 is 0 Å². The quantitative estimate of drug-likeness (QED) is 0.700. The highest BCUT2D eigenvalue weighted by molar-refractivity contribution is 5.78. The summed E-state index contributed by atoms with van der Waals surface area (Å²) in [4.78, 5) is 10.4. The topological polar surface area (TPSA) is 26.3 Å².